The van der Waals surface area contributed by atoms with Crippen molar-refractivity contribution in [1.29, 1.82) is 0 Å². The van der Waals surface area contributed by atoms with Gasteiger partial charge in [0.15, 0.2) is 0 Å². The van der Waals surface area contributed by atoms with E-state index in [0.29, 0.717) is 22.1 Å². The molecule has 0 atom stereocenters. The second kappa shape index (κ2) is 8.12. The van der Waals surface area contributed by atoms with Gasteiger partial charge in [-0.2, -0.15) is 0 Å². The molecule has 0 aliphatic carbocycles. The van der Waals surface area contributed by atoms with Gasteiger partial charge in [0.2, 0.25) is 5.89 Å². The average molecular weight is 410 g/mol. The van der Waals surface area contributed by atoms with Crippen molar-refractivity contribution in [2.75, 3.05) is 5.32 Å². The van der Waals surface area contributed by atoms with Crippen LogP contribution in [-0.2, 0) is 0 Å². The van der Waals surface area contributed by atoms with E-state index in [1.807, 2.05) is 0 Å². The molecule has 4 aromatic rings. The van der Waals surface area contributed by atoms with Crippen LogP contribution in [0.15, 0.2) is 77.2 Å². The summed E-state index contributed by atoms with van der Waals surface area (Å²) in [4.78, 5) is 12.7. The molecule has 0 unspecified atom stereocenters. The number of amides is 1. The maximum atomic E-state index is 13.1. The zero-order valence-electron chi connectivity index (χ0n) is 14.8. The van der Waals surface area contributed by atoms with Crippen LogP contribution in [0, 0.1) is 5.82 Å². The molecular formula is C21H13ClFN3O3. The van der Waals surface area contributed by atoms with Crippen LogP contribution in [0.25, 0.3) is 11.5 Å². The van der Waals surface area contributed by atoms with Crippen LogP contribution in [0.3, 0.4) is 0 Å². The van der Waals surface area contributed by atoms with Gasteiger partial charge in [-0.05, 0) is 60.7 Å². The van der Waals surface area contributed by atoms with E-state index >= 15 is 0 Å². The van der Waals surface area contributed by atoms with Crippen molar-refractivity contribution >= 4 is 23.5 Å². The number of ether oxygens (including phenoxy) is 1. The third-order valence-electron chi connectivity index (χ3n) is 3.91. The number of anilines is 1. The fourth-order valence-electron chi connectivity index (χ4n) is 2.52. The van der Waals surface area contributed by atoms with Crippen LogP contribution in [0.4, 0.5) is 10.4 Å². The van der Waals surface area contributed by atoms with E-state index in [-0.39, 0.29) is 23.3 Å². The first-order chi connectivity index (χ1) is 14.1. The van der Waals surface area contributed by atoms with Gasteiger partial charge in [-0.25, -0.2) is 4.39 Å². The lowest BCUT2D eigenvalue weighted by molar-refractivity contribution is 0.102. The Morgan fingerprint density at radius 1 is 0.966 bits per heavy atom. The van der Waals surface area contributed by atoms with Gasteiger partial charge >= 0.3 is 6.01 Å². The van der Waals surface area contributed by atoms with E-state index in [1.54, 1.807) is 48.5 Å². The van der Waals surface area contributed by atoms with Crippen molar-refractivity contribution in [2.24, 2.45) is 0 Å². The molecule has 1 amide bonds. The molecule has 3 aromatic carbocycles. The summed E-state index contributed by atoms with van der Waals surface area (Å²) in [5, 5.41) is 10.9. The van der Waals surface area contributed by atoms with Crippen molar-refractivity contribution in [2.45, 2.75) is 0 Å². The summed E-state index contributed by atoms with van der Waals surface area (Å²) in [5.74, 6) is 0.0709. The Labute approximate surface area is 169 Å². The number of halogens is 2. The highest BCUT2D eigenvalue weighted by atomic mass is 35.5. The quantitative estimate of drug-likeness (QED) is 0.466. The van der Waals surface area contributed by atoms with Gasteiger partial charge in [0.05, 0.1) is 5.56 Å². The SMILES string of the molecule is O=C(Nc1nnc(-c2ccc(Cl)cc2)o1)c1ccccc1Oc1ccc(F)cc1. The molecule has 6 nitrogen and oxygen atoms in total. The molecule has 0 fully saturated rings. The number of carbonyl (C=O) groups excluding carboxylic acids is 1. The number of nitrogens with zero attached hydrogens (tertiary/aromatic N) is 2. The lowest BCUT2D eigenvalue weighted by Crippen LogP contribution is -2.13. The maximum Gasteiger partial charge on any atom is 0.322 e. The van der Waals surface area contributed by atoms with Crippen LogP contribution in [0.1, 0.15) is 10.4 Å². The highest BCUT2D eigenvalue weighted by Crippen LogP contribution is 2.27. The molecule has 1 heterocycles. The minimum Gasteiger partial charge on any atom is -0.457 e. The fraction of sp³-hybridized carbons (Fsp3) is 0. The van der Waals surface area contributed by atoms with Crippen LogP contribution in [0.5, 0.6) is 11.5 Å². The monoisotopic (exact) mass is 409 g/mol. The van der Waals surface area contributed by atoms with E-state index in [4.69, 9.17) is 20.8 Å². The van der Waals surface area contributed by atoms with Gasteiger partial charge in [0.25, 0.3) is 5.91 Å². The van der Waals surface area contributed by atoms with E-state index in [9.17, 15) is 9.18 Å². The highest BCUT2D eigenvalue weighted by molar-refractivity contribution is 6.30. The third-order valence-corrected chi connectivity index (χ3v) is 4.16. The van der Waals surface area contributed by atoms with Gasteiger partial charge in [0, 0.05) is 10.6 Å². The molecule has 144 valence electrons. The first-order valence-corrected chi connectivity index (χ1v) is 8.89. The summed E-state index contributed by atoms with van der Waals surface area (Å²) in [6.07, 6.45) is 0. The van der Waals surface area contributed by atoms with Crippen LogP contribution in [0.2, 0.25) is 5.02 Å². The molecule has 0 saturated heterocycles. The van der Waals surface area contributed by atoms with Crippen molar-refractivity contribution in [3.8, 4) is 23.0 Å². The minimum absolute atomic E-state index is 0.0588. The van der Waals surface area contributed by atoms with E-state index in [2.05, 4.69) is 15.5 Å². The largest absolute Gasteiger partial charge is 0.457 e. The molecule has 4 rings (SSSR count). The van der Waals surface area contributed by atoms with Crippen molar-refractivity contribution in [3.05, 3.63) is 89.2 Å². The molecule has 1 N–H and O–H groups in total. The maximum absolute atomic E-state index is 13.1. The Hall–Kier alpha value is -3.71. The standard InChI is InChI=1S/C21H13ClFN3O3/c22-14-7-5-13(6-8-14)20-25-26-21(29-20)24-19(27)17-3-1-2-4-18(17)28-16-11-9-15(23)10-12-16/h1-12H,(H,24,26,27). The first kappa shape index (κ1) is 18.6. The second-order valence-electron chi connectivity index (χ2n) is 5.93. The van der Waals surface area contributed by atoms with Crippen LogP contribution >= 0.6 is 11.6 Å². The van der Waals surface area contributed by atoms with Crippen molar-refractivity contribution in [3.63, 3.8) is 0 Å². The summed E-state index contributed by atoms with van der Waals surface area (Å²) in [5.41, 5.74) is 0.922. The summed E-state index contributed by atoms with van der Waals surface area (Å²) in [6.45, 7) is 0. The Kier molecular flexibility index (Phi) is 5.22. The first-order valence-electron chi connectivity index (χ1n) is 8.52. The van der Waals surface area contributed by atoms with Gasteiger partial charge < -0.3 is 9.15 Å². The van der Waals surface area contributed by atoms with E-state index in [0.717, 1.165) is 0 Å². The molecule has 1 aromatic heterocycles. The molecule has 8 heteroatoms. The van der Waals surface area contributed by atoms with Gasteiger partial charge in [-0.1, -0.05) is 28.8 Å². The smallest absolute Gasteiger partial charge is 0.322 e. The zero-order valence-corrected chi connectivity index (χ0v) is 15.6. The predicted molar refractivity (Wildman–Crippen MR) is 106 cm³/mol. The summed E-state index contributed by atoms with van der Waals surface area (Å²) < 4.78 is 24.3. The zero-order chi connectivity index (χ0) is 20.2. The molecule has 0 aliphatic rings. The predicted octanol–water partition coefficient (Wildman–Crippen LogP) is 5.57. The molecule has 0 radical (unpaired) electrons. The number of para-hydroxylation sites is 1. The lowest BCUT2D eigenvalue weighted by atomic mass is 10.2. The molecule has 0 saturated carbocycles. The van der Waals surface area contributed by atoms with Gasteiger partial charge in [0.1, 0.15) is 17.3 Å². The Morgan fingerprint density at radius 2 is 1.69 bits per heavy atom. The van der Waals surface area contributed by atoms with Crippen molar-refractivity contribution in [1.82, 2.24) is 10.2 Å². The van der Waals surface area contributed by atoms with E-state index in [1.165, 1.54) is 24.3 Å². The topological polar surface area (TPSA) is 77.3 Å². The minimum atomic E-state index is -0.492. The Bertz CT molecular complexity index is 1140. The molecule has 0 aliphatic heterocycles. The van der Waals surface area contributed by atoms with Gasteiger partial charge in [-0.15, -0.1) is 5.10 Å². The summed E-state index contributed by atoms with van der Waals surface area (Å²) in [7, 11) is 0. The summed E-state index contributed by atoms with van der Waals surface area (Å²) in [6, 6.07) is 18.9. The number of carbonyl (C=O) groups is 1. The lowest BCUT2D eigenvalue weighted by Gasteiger charge is -2.10. The Balaban J connectivity index is 1.52. The third kappa shape index (κ3) is 4.41. The van der Waals surface area contributed by atoms with Gasteiger partial charge in [-0.3, -0.25) is 10.1 Å². The fourth-order valence-corrected chi connectivity index (χ4v) is 2.65. The molecule has 0 bridgehead atoms. The van der Waals surface area contributed by atoms with Crippen molar-refractivity contribution < 1.29 is 18.3 Å². The number of aromatic nitrogens is 2. The molecule has 29 heavy (non-hydrogen) atoms. The second-order valence-corrected chi connectivity index (χ2v) is 6.36. The highest BCUT2D eigenvalue weighted by Gasteiger charge is 2.17. The number of benzene rings is 3. The average Bonchev–Trinajstić information content (AvgIpc) is 3.19. The molecular weight excluding hydrogens is 397 g/mol. The van der Waals surface area contributed by atoms with Crippen LogP contribution in [-0.4, -0.2) is 16.1 Å². The number of rotatable bonds is 5. The van der Waals surface area contributed by atoms with E-state index < -0.39 is 5.91 Å². The van der Waals surface area contributed by atoms with Crippen LogP contribution < -0.4 is 10.1 Å². The Morgan fingerprint density at radius 3 is 2.45 bits per heavy atom. The normalized spacial score (nSPS) is 10.6. The summed E-state index contributed by atoms with van der Waals surface area (Å²) >= 11 is 5.87. The molecule has 0 spiro atoms. The number of hydrogen-bond donors (Lipinski definition) is 1. The number of nitrogens with one attached hydrogen (secondary N) is 1. The number of hydrogen-bond acceptors (Lipinski definition) is 5.